The molecule has 2 aromatic heterocycles. The largest absolute Gasteiger partial charge is 0.332 e. The number of aromatic nitrogens is 3. The van der Waals surface area contributed by atoms with Crippen LogP contribution in [-0.4, -0.2) is 25.6 Å². The molecule has 3 rings (SSSR count). The highest BCUT2D eigenvalue weighted by molar-refractivity contribution is 5.76. The highest BCUT2D eigenvalue weighted by atomic mass is 19.1. The van der Waals surface area contributed by atoms with Gasteiger partial charge in [0.15, 0.2) is 0 Å². The van der Waals surface area contributed by atoms with Crippen molar-refractivity contribution in [3.63, 3.8) is 0 Å². The predicted octanol–water partition coefficient (Wildman–Crippen LogP) is 3.57. The van der Waals surface area contributed by atoms with Gasteiger partial charge in [0.1, 0.15) is 12.4 Å². The van der Waals surface area contributed by atoms with E-state index in [0.717, 1.165) is 28.1 Å². The van der Waals surface area contributed by atoms with E-state index in [4.69, 9.17) is 0 Å². The Morgan fingerprint density at radius 1 is 1.00 bits per heavy atom. The molecule has 2 heterocycles. The zero-order chi connectivity index (χ0) is 19.4. The van der Waals surface area contributed by atoms with Crippen LogP contribution < -0.4 is 0 Å². The molecule has 0 aliphatic heterocycles. The van der Waals surface area contributed by atoms with Crippen molar-refractivity contribution in [2.24, 2.45) is 0 Å². The first-order valence-electron chi connectivity index (χ1n) is 8.86. The Morgan fingerprint density at radius 2 is 1.59 bits per heavy atom. The molecular formula is C21H23FN4O. The maximum absolute atomic E-state index is 13.2. The molecule has 0 aliphatic carbocycles. The number of aryl methyl sites for hydroxylation is 1. The molecule has 0 fully saturated rings. The quantitative estimate of drug-likeness (QED) is 0.670. The van der Waals surface area contributed by atoms with Gasteiger partial charge in [-0.2, -0.15) is 5.10 Å². The third-order valence-electron chi connectivity index (χ3n) is 4.79. The van der Waals surface area contributed by atoms with Crippen LogP contribution >= 0.6 is 0 Å². The lowest BCUT2D eigenvalue weighted by atomic mass is 10.2. The van der Waals surface area contributed by atoms with Gasteiger partial charge >= 0.3 is 0 Å². The zero-order valence-corrected chi connectivity index (χ0v) is 15.8. The van der Waals surface area contributed by atoms with Crippen molar-refractivity contribution in [2.75, 3.05) is 0 Å². The number of hydrogen-bond donors (Lipinski definition) is 0. The lowest BCUT2D eigenvalue weighted by molar-refractivity contribution is -0.133. The first-order valence-corrected chi connectivity index (χ1v) is 8.86. The summed E-state index contributed by atoms with van der Waals surface area (Å²) in [7, 11) is 0. The molecule has 5 nitrogen and oxygen atoms in total. The average Bonchev–Trinajstić information content (AvgIpc) is 2.90. The normalized spacial score (nSPS) is 10.8. The Morgan fingerprint density at radius 3 is 2.15 bits per heavy atom. The van der Waals surface area contributed by atoms with Gasteiger partial charge in [-0.15, -0.1) is 0 Å². The highest BCUT2D eigenvalue weighted by Gasteiger charge is 2.18. The topological polar surface area (TPSA) is 51.0 Å². The second-order valence-electron chi connectivity index (χ2n) is 6.69. The monoisotopic (exact) mass is 366 g/mol. The second-order valence-corrected chi connectivity index (χ2v) is 6.69. The standard InChI is InChI=1S/C21H23FN4O/c1-15-16(2)24-26(17(15)3)14-21(27)25(13-19-8-10-23-11-9-19)12-18-4-6-20(22)7-5-18/h4-11H,12-14H2,1-3H3. The lowest BCUT2D eigenvalue weighted by Gasteiger charge is -2.23. The van der Waals surface area contributed by atoms with Crippen LogP contribution in [0.2, 0.25) is 0 Å². The van der Waals surface area contributed by atoms with Crippen LogP contribution in [0.25, 0.3) is 0 Å². The SMILES string of the molecule is Cc1nn(CC(=O)N(Cc2ccncc2)Cc2ccc(F)cc2)c(C)c1C. The van der Waals surface area contributed by atoms with Gasteiger partial charge in [0.2, 0.25) is 5.91 Å². The highest BCUT2D eigenvalue weighted by Crippen LogP contribution is 2.14. The van der Waals surface area contributed by atoms with Gasteiger partial charge in [0.05, 0.1) is 5.69 Å². The first-order chi connectivity index (χ1) is 12.9. The van der Waals surface area contributed by atoms with Crippen LogP contribution in [0.15, 0.2) is 48.8 Å². The van der Waals surface area contributed by atoms with Crippen LogP contribution in [0.4, 0.5) is 4.39 Å². The molecule has 0 N–H and O–H groups in total. The van der Waals surface area contributed by atoms with E-state index in [1.807, 2.05) is 32.9 Å². The second kappa shape index (κ2) is 8.12. The van der Waals surface area contributed by atoms with Gasteiger partial charge in [-0.3, -0.25) is 14.5 Å². The first kappa shape index (κ1) is 18.8. The van der Waals surface area contributed by atoms with E-state index in [-0.39, 0.29) is 18.3 Å². The molecule has 1 amide bonds. The summed E-state index contributed by atoms with van der Waals surface area (Å²) >= 11 is 0. The predicted molar refractivity (Wildman–Crippen MR) is 101 cm³/mol. The van der Waals surface area contributed by atoms with Gasteiger partial charge < -0.3 is 4.90 Å². The molecule has 1 aromatic carbocycles. The van der Waals surface area contributed by atoms with Gasteiger partial charge in [0.25, 0.3) is 0 Å². The van der Waals surface area contributed by atoms with E-state index < -0.39 is 0 Å². The molecule has 27 heavy (non-hydrogen) atoms. The third-order valence-corrected chi connectivity index (χ3v) is 4.79. The summed E-state index contributed by atoms with van der Waals surface area (Å²) in [5.74, 6) is -0.328. The number of nitrogens with zero attached hydrogens (tertiary/aromatic N) is 4. The molecule has 0 spiro atoms. The summed E-state index contributed by atoms with van der Waals surface area (Å²) in [4.78, 5) is 18.8. The summed E-state index contributed by atoms with van der Waals surface area (Å²) in [5, 5.41) is 4.47. The molecule has 0 radical (unpaired) electrons. The van der Waals surface area contributed by atoms with Gasteiger partial charge in [-0.25, -0.2) is 4.39 Å². The number of carbonyl (C=O) groups is 1. The van der Waals surface area contributed by atoms with Crippen molar-refractivity contribution in [3.8, 4) is 0 Å². The number of hydrogen-bond acceptors (Lipinski definition) is 3. The number of benzene rings is 1. The van der Waals surface area contributed by atoms with E-state index in [2.05, 4.69) is 10.1 Å². The van der Waals surface area contributed by atoms with Crippen molar-refractivity contribution in [1.29, 1.82) is 0 Å². The van der Waals surface area contributed by atoms with E-state index in [1.165, 1.54) is 12.1 Å². The molecule has 3 aromatic rings. The number of carbonyl (C=O) groups excluding carboxylic acids is 1. The minimum Gasteiger partial charge on any atom is -0.332 e. The Labute approximate surface area is 158 Å². The molecule has 0 aliphatic rings. The minimum atomic E-state index is -0.288. The van der Waals surface area contributed by atoms with E-state index in [0.29, 0.717) is 13.1 Å². The summed E-state index contributed by atoms with van der Waals surface area (Å²) < 4.78 is 14.9. The Hall–Kier alpha value is -3.02. The van der Waals surface area contributed by atoms with Crippen LogP contribution in [0.3, 0.4) is 0 Å². The maximum atomic E-state index is 13.2. The van der Waals surface area contributed by atoms with Crippen molar-refractivity contribution in [2.45, 2.75) is 40.4 Å². The summed E-state index contributed by atoms with van der Waals surface area (Å²) in [6, 6.07) is 10.0. The smallest absolute Gasteiger partial charge is 0.244 e. The van der Waals surface area contributed by atoms with E-state index in [1.54, 1.807) is 34.1 Å². The molecule has 0 saturated heterocycles. The fourth-order valence-electron chi connectivity index (χ4n) is 2.92. The van der Waals surface area contributed by atoms with Crippen molar-refractivity contribution < 1.29 is 9.18 Å². The van der Waals surface area contributed by atoms with Gasteiger partial charge in [-0.1, -0.05) is 12.1 Å². The third kappa shape index (κ3) is 4.58. The lowest BCUT2D eigenvalue weighted by Crippen LogP contribution is -2.33. The Bertz CT molecular complexity index is 919. The minimum absolute atomic E-state index is 0.0401. The number of amides is 1. The summed E-state index contributed by atoms with van der Waals surface area (Å²) in [5.41, 5.74) is 4.89. The molecular weight excluding hydrogens is 343 g/mol. The number of rotatable bonds is 6. The number of halogens is 1. The van der Waals surface area contributed by atoms with E-state index in [9.17, 15) is 9.18 Å². The molecule has 0 atom stereocenters. The van der Waals surface area contributed by atoms with Gasteiger partial charge in [0, 0.05) is 31.2 Å². The van der Waals surface area contributed by atoms with Crippen molar-refractivity contribution >= 4 is 5.91 Å². The van der Waals surface area contributed by atoms with Crippen LogP contribution in [-0.2, 0) is 24.4 Å². The van der Waals surface area contributed by atoms with Crippen molar-refractivity contribution in [3.05, 3.63) is 82.7 Å². The van der Waals surface area contributed by atoms with Crippen molar-refractivity contribution in [1.82, 2.24) is 19.7 Å². The Kier molecular flexibility index (Phi) is 5.64. The maximum Gasteiger partial charge on any atom is 0.244 e. The fraction of sp³-hybridized carbons (Fsp3) is 0.286. The zero-order valence-electron chi connectivity index (χ0n) is 15.8. The van der Waals surface area contributed by atoms with Crippen LogP contribution in [0, 0.1) is 26.6 Å². The molecule has 0 saturated carbocycles. The van der Waals surface area contributed by atoms with E-state index >= 15 is 0 Å². The molecule has 0 bridgehead atoms. The van der Waals surface area contributed by atoms with Crippen LogP contribution in [0.5, 0.6) is 0 Å². The summed E-state index contributed by atoms with van der Waals surface area (Å²) in [6.45, 7) is 6.95. The average molecular weight is 366 g/mol. The molecule has 0 unspecified atom stereocenters. The van der Waals surface area contributed by atoms with Crippen LogP contribution in [0.1, 0.15) is 28.1 Å². The Balaban J connectivity index is 1.82. The molecule has 6 heteroatoms. The molecule has 140 valence electrons. The van der Waals surface area contributed by atoms with Gasteiger partial charge in [-0.05, 0) is 61.7 Å². The summed E-state index contributed by atoms with van der Waals surface area (Å²) in [6.07, 6.45) is 3.42. The number of pyridine rings is 1. The fourth-order valence-corrected chi connectivity index (χ4v) is 2.92.